The fourth-order valence-electron chi connectivity index (χ4n) is 0.295. The van der Waals surface area contributed by atoms with Gasteiger partial charge in [0.05, 0.1) is 0 Å². The lowest BCUT2D eigenvalue weighted by Crippen LogP contribution is -2.31. The first kappa shape index (κ1) is 8.72. The van der Waals surface area contributed by atoms with Gasteiger partial charge in [-0.25, -0.2) is 17.6 Å². The van der Waals surface area contributed by atoms with Crippen LogP contribution in [0, 0.1) is 6.92 Å². The standard InChI is InChI=1S/C5H7F4/c1-2-4(7)5(8,9)3-6/h4H,1-3H2. The van der Waals surface area contributed by atoms with Crippen molar-refractivity contribution in [2.24, 2.45) is 0 Å². The zero-order valence-electron chi connectivity index (χ0n) is 4.71. The average molecular weight is 143 g/mol. The third-order valence-electron chi connectivity index (χ3n) is 0.890. The smallest absolute Gasteiger partial charge is 0.244 e. The molecule has 0 aromatic rings. The van der Waals surface area contributed by atoms with Gasteiger partial charge in [0.25, 0.3) is 0 Å². The Morgan fingerprint density at radius 2 is 1.89 bits per heavy atom. The van der Waals surface area contributed by atoms with Crippen molar-refractivity contribution in [3.63, 3.8) is 0 Å². The van der Waals surface area contributed by atoms with E-state index in [-0.39, 0.29) is 0 Å². The summed E-state index contributed by atoms with van der Waals surface area (Å²) in [5.41, 5.74) is 0. The predicted molar refractivity (Wildman–Crippen MR) is 25.8 cm³/mol. The van der Waals surface area contributed by atoms with Crippen molar-refractivity contribution in [3.05, 3.63) is 6.92 Å². The van der Waals surface area contributed by atoms with E-state index in [1.807, 2.05) is 0 Å². The molecular formula is C5H7F4. The molecule has 9 heavy (non-hydrogen) atoms. The van der Waals surface area contributed by atoms with E-state index in [2.05, 4.69) is 6.92 Å². The SMILES string of the molecule is [CH2]CC(F)C(F)(F)CF. The van der Waals surface area contributed by atoms with Crippen LogP contribution in [0.2, 0.25) is 0 Å². The van der Waals surface area contributed by atoms with E-state index in [1.54, 1.807) is 0 Å². The molecule has 0 heterocycles. The van der Waals surface area contributed by atoms with Gasteiger partial charge in [-0.05, 0) is 6.42 Å². The minimum absolute atomic E-state index is 0.600. The number of hydrogen-bond acceptors (Lipinski definition) is 0. The first-order valence-electron chi connectivity index (χ1n) is 2.41. The van der Waals surface area contributed by atoms with Gasteiger partial charge in [0.2, 0.25) is 0 Å². The highest BCUT2D eigenvalue weighted by Gasteiger charge is 2.38. The molecule has 0 aliphatic heterocycles. The Kier molecular flexibility index (Phi) is 2.94. The Morgan fingerprint density at radius 3 is 2.00 bits per heavy atom. The minimum Gasteiger partial charge on any atom is -0.244 e. The Bertz CT molecular complexity index is 81.0. The van der Waals surface area contributed by atoms with Crippen LogP contribution in [-0.2, 0) is 0 Å². The fourth-order valence-corrected chi connectivity index (χ4v) is 0.295. The summed E-state index contributed by atoms with van der Waals surface area (Å²) in [6, 6.07) is 0. The average Bonchev–Trinajstić information content (AvgIpc) is 1.86. The normalized spacial score (nSPS) is 15.7. The molecule has 0 nitrogen and oxygen atoms in total. The molecule has 4 heteroatoms. The summed E-state index contributed by atoms with van der Waals surface area (Å²) in [6.07, 6.45) is -3.06. The molecule has 0 aliphatic rings. The zero-order chi connectivity index (χ0) is 7.49. The largest absolute Gasteiger partial charge is 0.306 e. The van der Waals surface area contributed by atoms with Gasteiger partial charge in [-0.3, -0.25) is 0 Å². The Hall–Kier alpha value is -0.280. The predicted octanol–water partition coefficient (Wildman–Crippen LogP) is 2.15. The summed E-state index contributed by atoms with van der Waals surface area (Å²) >= 11 is 0. The number of hydrogen-bond donors (Lipinski definition) is 0. The molecule has 0 spiro atoms. The molecule has 1 radical (unpaired) electrons. The van der Waals surface area contributed by atoms with E-state index in [0.717, 1.165) is 0 Å². The number of halogens is 4. The zero-order valence-corrected chi connectivity index (χ0v) is 4.71. The second kappa shape index (κ2) is 3.03. The van der Waals surface area contributed by atoms with Crippen LogP contribution in [0.5, 0.6) is 0 Å². The molecule has 1 unspecified atom stereocenters. The number of alkyl halides is 4. The number of rotatable bonds is 3. The lowest BCUT2D eigenvalue weighted by molar-refractivity contribution is -0.0865. The van der Waals surface area contributed by atoms with Crippen LogP contribution >= 0.6 is 0 Å². The van der Waals surface area contributed by atoms with E-state index >= 15 is 0 Å². The summed E-state index contributed by atoms with van der Waals surface area (Å²) in [5.74, 6) is -3.85. The van der Waals surface area contributed by atoms with Crippen molar-refractivity contribution in [1.29, 1.82) is 0 Å². The summed E-state index contributed by atoms with van der Waals surface area (Å²) in [7, 11) is 0. The molecule has 0 aromatic heterocycles. The summed E-state index contributed by atoms with van der Waals surface area (Å²) in [4.78, 5) is 0. The maximum atomic E-state index is 11.9. The molecule has 0 bridgehead atoms. The summed E-state index contributed by atoms with van der Waals surface area (Å²) in [5, 5.41) is 0. The van der Waals surface area contributed by atoms with E-state index < -0.39 is 25.2 Å². The van der Waals surface area contributed by atoms with Crippen LogP contribution < -0.4 is 0 Å². The van der Waals surface area contributed by atoms with Gasteiger partial charge in [-0.2, -0.15) is 0 Å². The summed E-state index contributed by atoms with van der Waals surface area (Å²) < 4.78 is 46.6. The van der Waals surface area contributed by atoms with Crippen LogP contribution in [0.4, 0.5) is 17.6 Å². The highest BCUT2D eigenvalue weighted by atomic mass is 19.3. The quantitative estimate of drug-likeness (QED) is 0.531. The Morgan fingerprint density at radius 1 is 1.44 bits per heavy atom. The molecule has 0 rings (SSSR count). The lowest BCUT2D eigenvalue weighted by Gasteiger charge is -2.14. The maximum Gasteiger partial charge on any atom is 0.306 e. The lowest BCUT2D eigenvalue weighted by atomic mass is 10.2. The molecule has 0 fully saturated rings. The fraction of sp³-hybridized carbons (Fsp3) is 0.800. The molecular weight excluding hydrogens is 136 g/mol. The highest BCUT2D eigenvalue weighted by Crippen LogP contribution is 2.23. The Labute approximate surface area is 50.9 Å². The molecule has 0 aliphatic carbocycles. The Balaban J connectivity index is 3.80. The van der Waals surface area contributed by atoms with Crippen molar-refractivity contribution in [2.75, 3.05) is 6.67 Å². The van der Waals surface area contributed by atoms with Crippen LogP contribution in [0.15, 0.2) is 0 Å². The molecule has 0 N–H and O–H groups in total. The second-order valence-electron chi connectivity index (χ2n) is 1.65. The monoisotopic (exact) mass is 143 g/mol. The molecule has 0 saturated carbocycles. The van der Waals surface area contributed by atoms with Gasteiger partial charge in [-0.1, -0.05) is 6.92 Å². The van der Waals surface area contributed by atoms with Crippen molar-refractivity contribution in [1.82, 2.24) is 0 Å². The van der Waals surface area contributed by atoms with Gasteiger partial charge in [-0.15, -0.1) is 0 Å². The third-order valence-corrected chi connectivity index (χ3v) is 0.890. The first-order chi connectivity index (χ1) is 4.04. The van der Waals surface area contributed by atoms with Crippen molar-refractivity contribution in [2.45, 2.75) is 18.5 Å². The minimum atomic E-state index is -3.85. The van der Waals surface area contributed by atoms with Gasteiger partial charge >= 0.3 is 5.92 Å². The van der Waals surface area contributed by atoms with Crippen LogP contribution in [0.3, 0.4) is 0 Å². The van der Waals surface area contributed by atoms with Gasteiger partial charge < -0.3 is 0 Å². The molecule has 0 saturated heterocycles. The van der Waals surface area contributed by atoms with Gasteiger partial charge in [0, 0.05) is 0 Å². The molecule has 1 atom stereocenters. The van der Waals surface area contributed by atoms with Crippen molar-refractivity contribution in [3.8, 4) is 0 Å². The van der Waals surface area contributed by atoms with Crippen molar-refractivity contribution < 1.29 is 17.6 Å². The van der Waals surface area contributed by atoms with Gasteiger partial charge in [0.1, 0.15) is 0 Å². The van der Waals surface area contributed by atoms with E-state index in [0.29, 0.717) is 0 Å². The summed E-state index contributed by atoms with van der Waals surface area (Å²) in [6.45, 7) is 0.923. The van der Waals surface area contributed by atoms with E-state index in [4.69, 9.17) is 0 Å². The molecule has 0 amide bonds. The van der Waals surface area contributed by atoms with Gasteiger partial charge in [0.15, 0.2) is 12.8 Å². The third kappa shape index (κ3) is 2.20. The van der Waals surface area contributed by atoms with Crippen LogP contribution in [0.25, 0.3) is 0 Å². The molecule has 0 aromatic carbocycles. The first-order valence-corrected chi connectivity index (χ1v) is 2.41. The topological polar surface area (TPSA) is 0 Å². The maximum absolute atomic E-state index is 11.9. The van der Waals surface area contributed by atoms with Crippen LogP contribution in [-0.4, -0.2) is 18.8 Å². The highest BCUT2D eigenvalue weighted by molar-refractivity contribution is 4.76. The van der Waals surface area contributed by atoms with E-state index in [9.17, 15) is 17.6 Å². The molecule has 55 valence electrons. The van der Waals surface area contributed by atoms with E-state index in [1.165, 1.54) is 0 Å². The second-order valence-corrected chi connectivity index (χ2v) is 1.65. The van der Waals surface area contributed by atoms with Crippen LogP contribution in [0.1, 0.15) is 6.42 Å². The van der Waals surface area contributed by atoms with Crippen molar-refractivity contribution >= 4 is 0 Å².